The minimum Gasteiger partial charge on any atom is -0.478 e. The summed E-state index contributed by atoms with van der Waals surface area (Å²) in [6, 6.07) is 0. The molecule has 0 aromatic rings. The first-order valence-corrected chi connectivity index (χ1v) is 6.59. The van der Waals surface area contributed by atoms with Gasteiger partial charge < -0.3 is 9.84 Å². The van der Waals surface area contributed by atoms with Gasteiger partial charge in [0.1, 0.15) is 0 Å². The van der Waals surface area contributed by atoms with Crippen molar-refractivity contribution >= 4 is 5.97 Å². The van der Waals surface area contributed by atoms with Crippen LogP contribution in [0.5, 0.6) is 0 Å². The molecule has 0 amide bonds. The van der Waals surface area contributed by atoms with E-state index in [1.165, 1.54) is 25.7 Å². The van der Waals surface area contributed by atoms with Crippen molar-refractivity contribution < 1.29 is 14.6 Å². The Hall–Kier alpha value is -0.830. The van der Waals surface area contributed by atoms with Crippen molar-refractivity contribution in [3.8, 4) is 0 Å². The van der Waals surface area contributed by atoms with Gasteiger partial charge >= 0.3 is 5.97 Å². The van der Waals surface area contributed by atoms with Crippen LogP contribution in [0, 0.1) is 17.8 Å². The highest BCUT2D eigenvalue weighted by atomic mass is 16.5. The van der Waals surface area contributed by atoms with Crippen molar-refractivity contribution in [1.82, 2.24) is 0 Å². The van der Waals surface area contributed by atoms with E-state index >= 15 is 0 Å². The molecule has 3 nitrogen and oxygen atoms in total. The van der Waals surface area contributed by atoms with Gasteiger partial charge in [0.15, 0.2) is 0 Å². The number of hydrogen-bond acceptors (Lipinski definition) is 2. The Morgan fingerprint density at radius 2 is 2.24 bits per heavy atom. The highest BCUT2D eigenvalue weighted by Gasteiger charge is 2.39. The van der Waals surface area contributed by atoms with Gasteiger partial charge in [0.05, 0.1) is 12.7 Å². The first kappa shape index (κ1) is 12.6. The van der Waals surface area contributed by atoms with Gasteiger partial charge in [0.2, 0.25) is 0 Å². The second-order valence-electron chi connectivity index (χ2n) is 5.63. The van der Waals surface area contributed by atoms with Crippen LogP contribution in [0.1, 0.15) is 39.5 Å². The molecule has 0 aromatic heterocycles. The lowest BCUT2D eigenvalue weighted by Crippen LogP contribution is -2.20. The van der Waals surface area contributed by atoms with E-state index in [0.29, 0.717) is 5.57 Å². The molecule has 0 aromatic carbocycles. The van der Waals surface area contributed by atoms with E-state index < -0.39 is 5.97 Å². The fraction of sp³-hybridized carbons (Fsp3) is 0.786. The lowest BCUT2D eigenvalue weighted by atomic mass is 9.89. The summed E-state index contributed by atoms with van der Waals surface area (Å²) >= 11 is 0. The van der Waals surface area contributed by atoms with Crippen molar-refractivity contribution in [2.45, 2.75) is 45.6 Å². The van der Waals surface area contributed by atoms with Crippen LogP contribution in [0.3, 0.4) is 0 Å². The SMILES string of the molecule is CC(=CC(C)OCC1CC2CCC1C2)C(=O)O. The molecule has 2 fully saturated rings. The molecule has 2 aliphatic carbocycles. The number of ether oxygens (including phenoxy) is 1. The van der Waals surface area contributed by atoms with Crippen molar-refractivity contribution in [1.29, 1.82) is 0 Å². The summed E-state index contributed by atoms with van der Waals surface area (Å²) in [6.45, 7) is 4.32. The molecule has 1 N–H and O–H groups in total. The Labute approximate surface area is 103 Å². The molecule has 0 radical (unpaired) electrons. The maximum Gasteiger partial charge on any atom is 0.331 e. The molecule has 2 bridgehead atoms. The first-order chi connectivity index (χ1) is 8.06. The monoisotopic (exact) mass is 238 g/mol. The average molecular weight is 238 g/mol. The highest BCUT2D eigenvalue weighted by molar-refractivity contribution is 5.85. The smallest absolute Gasteiger partial charge is 0.331 e. The van der Waals surface area contributed by atoms with E-state index in [-0.39, 0.29) is 6.10 Å². The number of rotatable bonds is 5. The van der Waals surface area contributed by atoms with Gasteiger partial charge in [-0.3, -0.25) is 0 Å². The Morgan fingerprint density at radius 3 is 2.76 bits per heavy atom. The maximum absolute atomic E-state index is 10.7. The zero-order valence-corrected chi connectivity index (χ0v) is 10.7. The number of carboxylic acids is 1. The molecule has 2 aliphatic rings. The third-order valence-corrected chi connectivity index (χ3v) is 4.28. The standard InChI is InChI=1S/C14H22O3/c1-9(14(15)16)5-10(2)17-8-13-7-11-3-4-12(13)6-11/h5,10-13H,3-4,6-8H2,1-2H3,(H,15,16). The number of aliphatic carboxylic acids is 1. The van der Waals surface area contributed by atoms with E-state index in [2.05, 4.69) is 0 Å². The predicted octanol–water partition coefficient (Wildman–Crippen LogP) is 2.86. The van der Waals surface area contributed by atoms with Gasteiger partial charge in [-0.25, -0.2) is 4.79 Å². The third-order valence-electron chi connectivity index (χ3n) is 4.28. The molecule has 2 saturated carbocycles. The van der Waals surface area contributed by atoms with Gasteiger partial charge in [-0.2, -0.15) is 0 Å². The summed E-state index contributed by atoms with van der Waals surface area (Å²) in [4.78, 5) is 10.7. The second-order valence-corrected chi connectivity index (χ2v) is 5.63. The summed E-state index contributed by atoms with van der Waals surface area (Å²) in [5.74, 6) is 1.67. The second kappa shape index (κ2) is 5.21. The Balaban J connectivity index is 1.75. The minimum absolute atomic E-state index is 0.0924. The molecule has 3 heteroatoms. The molecule has 0 saturated heterocycles. The van der Waals surface area contributed by atoms with Crippen LogP contribution in [0.4, 0.5) is 0 Å². The van der Waals surface area contributed by atoms with Crippen molar-refractivity contribution in [2.24, 2.45) is 17.8 Å². The van der Waals surface area contributed by atoms with Crippen molar-refractivity contribution in [3.05, 3.63) is 11.6 Å². The van der Waals surface area contributed by atoms with Crippen molar-refractivity contribution in [2.75, 3.05) is 6.61 Å². The molecule has 0 heterocycles. The average Bonchev–Trinajstić information content (AvgIpc) is 2.87. The first-order valence-electron chi connectivity index (χ1n) is 6.59. The minimum atomic E-state index is -0.861. The molecule has 4 unspecified atom stereocenters. The Bertz CT molecular complexity index is 321. The zero-order valence-electron chi connectivity index (χ0n) is 10.7. The molecular formula is C14H22O3. The summed E-state index contributed by atoms with van der Waals surface area (Å²) in [5, 5.41) is 8.77. The van der Waals surface area contributed by atoms with E-state index in [0.717, 1.165) is 24.4 Å². The topological polar surface area (TPSA) is 46.5 Å². The number of hydrogen-bond donors (Lipinski definition) is 1. The fourth-order valence-electron chi connectivity index (χ4n) is 3.33. The van der Waals surface area contributed by atoms with E-state index in [1.807, 2.05) is 6.92 Å². The lowest BCUT2D eigenvalue weighted by Gasteiger charge is -2.22. The molecule has 17 heavy (non-hydrogen) atoms. The quantitative estimate of drug-likeness (QED) is 0.749. The fourth-order valence-corrected chi connectivity index (χ4v) is 3.33. The third kappa shape index (κ3) is 3.09. The van der Waals surface area contributed by atoms with Gasteiger partial charge in [-0.15, -0.1) is 0 Å². The number of carbonyl (C=O) groups is 1. The van der Waals surface area contributed by atoms with Crippen LogP contribution < -0.4 is 0 Å². The van der Waals surface area contributed by atoms with E-state index in [1.54, 1.807) is 13.0 Å². The lowest BCUT2D eigenvalue weighted by molar-refractivity contribution is -0.132. The van der Waals surface area contributed by atoms with E-state index in [4.69, 9.17) is 9.84 Å². The van der Waals surface area contributed by atoms with Gasteiger partial charge in [0.25, 0.3) is 0 Å². The maximum atomic E-state index is 10.7. The van der Waals surface area contributed by atoms with Crippen LogP contribution in [-0.2, 0) is 9.53 Å². The molecule has 96 valence electrons. The van der Waals surface area contributed by atoms with Gasteiger partial charge in [-0.05, 0) is 56.9 Å². The molecular weight excluding hydrogens is 216 g/mol. The largest absolute Gasteiger partial charge is 0.478 e. The number of carboxylic acid groups (broad SMARTS) is 1. The predicted molar refractivity (Wildman–Crippen MR) is 65.7 cm³/mol. The van der Waals surface area contributed by atoms with Gasteiger partial charge in [-0.1, -0.05) is 6.42 Å². The Morgan fingerprint density at radius 1 is 1.47 bits per heavy atom. The highest BCUT2D eigenvalue weighted by Crippen LogP contribution is 2.48. The van der Waals surface area contributed by atoms with Crippen LogP contribution in [0.2, 0.25) is 0 Å². The molecule has 2 rings (SSSR count). The van der Waals surface area contributed by atoms with Crippen LogP contribution in [0.25, 0.3) is 0 Å². The summed E-state index contributed by atoms with van der Waals surface area (Å²) < 4.78 is 5.76. The Kier molecular flexibility index (Phi) is 3.87. The summed E-state index contributed by atoms with van der Waals surface area (Å²) in [5.41, 5.74) is 0.366. The zero-order chi connectivity index (χ0) is 12.4. The number of fused-ring (bicyclic) bond motifs is 2. The summed E-state index contributed by atoms with van der Waals surface area (Å²) in [7, 11) is 0. The molecule has 0 aliphatic heterocycles. The van der Waals surface area contributed by atoms with E-state index in [9.17, 15) is 4.79 Å². The normalized spacial score (nSPS) is 34.0. The van der Waals surface area contributed by atoms with Crippen LogP contribution in [-0.4, -0.2) is 23.8 Å². The van der Waals surface area contributed by atoms with Crippen molar-refractivity contribution in [3.63, 3.8) is 0 Å². The van der Waals surface area contributed by atoms with Crippen LogP contribution in [0.15, 0.2) is 11.6 Å². The molecule has 4 atom stereocenters. The van der Waals surface area contributed by atoms with Gasteiger partial charge in [0, 0.05) is 5.57 Å². The summed E-state index contributed by atoms with van der Waals surface area (Å²) in [6.07, 6.45) is 7.09. The molecule has 0 spiro atoms. The van der Waals surface area contributed by atoms with Crippen LogP contribution >= 0.6 is 0 Å².